The van der Waals surface area contributed by atoms with E-state index in [-0.39, 0.29) is 11.8 Å². The standard InChI is InChI=1S/C20H24N2O3/c1-25-14-6-12-21-19(23)17-9-5-10-18(15-17)20(24)22-13-11-16-7-3-2-4-8-16/h2-5,7-10,15H,6,11-14H2,1H3,(H,21,23)(H,22,24). The molecule has 0 atom stereocenters. The minimum absolute atomic E-state index is 0.176. The maximum Gasteiger partial charge on any atom is 0.251 e. The Bertz CT molecular complexity index is 686. The van der Waals surface area contributed by atoms with Gasteiger partial charge in [-0.25, -0.2) is 0 Å². The van der Waals surface area contributed by atoms with Gasteiger partial charge in [0.25, 0.3) is 11.8 Å². The van der Waals surface area contributed by atoms with Crippen LogP contribution in [-0.4, -0.2) is 38.6 Å². The molecule has 0 unspecified atom stereocenters. The molecule has 0 fully saturated rings. The number of nitrogens with one attached hydrogen (secondary N) is 2. The van der Waals surface area contributed by atoms with E-state index in [9.17, 15) is 9.59 Å². The van der Waals surface area contributed by atoms with Crippen LogP contribution >= 0.6 is 0 Å². The molecule has 2 aromatic carbocycles. The first-order valence-electron chi connectivity index (χ1n) is 8.40. The van der Waals surface area contributed by atoms with Crippen LogP contribution in [-0.2, 0) is 11.2 Å². The summed E-state index contributed by atoms with van der Waals surface area (Å²) in [5.74, 6) is -0.361. The molecular weight excluding hydrogens is 316 g/mol. The van der Waals surface area contributed by atoms with Crippen molar-refractivity contribution in [3.63, 3.8) is 0 Å². The topological polar surface area (TPSA) is 67.4 Å². The normalized spacial score (nSPS) is 10.3. The summed E-state index contributed by atoms with van der Waals surface area (Å²) in [5.41, 5.74) is 2.14. The summed E-state index contributed by atoms with van der Waals surface area (Å²) in [5, 5.41) is 5.70. The lowest BCUT2D eigenvalue weighted by molar-refractivity contribution is 0.0948. The van der Waals surface area contributed by atoms with Crippen LogP contribution in [0.5, 0.6) is 0 Å². The lowest BCUT2D eigenvalue weighted by atomic mass is 10.1. The Morgan fingerprint density at radius 1 is 0.880 bits per heavy atom. The van der Waals surface area contributed by atoms with Gasteiger partial charge >= 0.3 is 0 Å². The van der Waals surface area contributed by atoms with Crippen LogP contribution in [0.1, 0.15) is 32.7 Å². The highest BCUT2D eigenvalue weighted by Crippen LogP contribution is 2.06. The van der Waals surface area contributed by atoms with Gasteiger partial charge in [-0.15, -0.1) is 0 Å². The van der Waals surface area contributed by atoms with E-state index in [1.165, 1.54) is 5.56 Å². The number of hydrogen-bond acceptors (Lipinski definition) is 3. The quantitative estimate of drug-likeness (QED) is 0.689. The van der Waals surface area contributed by atoms with Crippen molar-refractivity contribution < 1.29 is 14.3 Å². The predicted molar refractivity (Wildman–Crippen MR) is 97.7 cm³/mol. The predicted octanol–water partition coefficient (Wildman–Crippen LogP) is 2.43. The Hall–Kier alpha value is -2.66. The van der Waals surface area contributed by atoms with Gasteiger partial charge in [-0.05, 0) is 36.6 Å². The van der Waals surface area contributed by atoms with Gasteiger partial charge in [-0.2, -0.15) is 0 Å². The highest BCUT2D eigenvalue weighted by atomic mass is 16.5. The van der Waals surface area contributed by atoms with Crippen molar-refractivity contribution >= 4 is 11.8 Å². The molecule has 0 saturated carbocycles. The molecule has 5 nitrogen and oxygen atoms in total. The molecule has 0 saturated heterocycles. The van der Waals surface area contributed by atoms with Crippen LogP contribution in [0.3, 0.4) is 0 Å². The van der Waals surface area contributed by atoms with Crippen LogP contribution in [0.25, 0.3) is 0 Å². The first-order chi connectivity index (χ1) is 12.2. The molecular formula is C20H24N2O3. The van der Waals surface area contributed by atoms with Crippen molar-refractivity contribution in [2.24, 2.45) is 0 Å². The Morgan fingerprint density at radius 3 is 2.16 bits per heavy atom. The minimum atomic E-state index is -0.185. The van der Waals surface area contributed by atoms with Crippen molar-refractivity contribution in [2.45, 2.75) is 12.8 Å². The van der Waals surface area contributed by atoms with E-state index in [1.807, 2.05) is 30.3 Å². The summed E-state index contributed by atoms with van der Waals surface area (Å²) in [4.78, 5) is 24.3. The molecule has 2 N–H and O–H groups in total. The number of methoxy groups -OCH3 is 1. The van der Waals surface area contributed by atoms with E-state index in [1.54, 1.807) is 31.4 Å². The molecule has 0 bridgehead atoms. The van der Waals surface area contributed by atoms with Crippen molar-refractivity contribution in [1.29, 1.82) is 0 Å². The van der Waals surface area contributed by atoms with Gasteiger partial charge in [0, 0.05) is 37.9 Å². The van der Waals surface area contributed by atoms with Gasteiger partial charge < -0.3 is 15.4 Å². The van der Waals surface area contributed by atoms with Crippen molar-refractivity contribution in [3.05, 3.63) is 71.3 Å². The van der Waals surface area contributed by atoms with Gasteiger partial charge in [0.1, 0.15) is 0 Å². The van der Waals surface area contributed by atoms with Gasteiger partial charge in [-0.1, -0.05) is 36.4 Å². The zero-order chi connectivity index (χ0) is 17.9. The maximum atomic E-state index is 12.2. The second-order valence-corrected chi connectivity index (χ2v) is 5.67. The van der Waals surface area contributed by atoms with Gasteiger partial charge in [0.2, 0.25) is 0 Å². The second kappa shape index (κ2) is 10.3. The first kappa shape index (κ1) is 18.7. The molecule has 0 spiro atoms. The number of benzene rings is 2. The number of ether oxygens (including phenoxy) is 1. The third-order valence-corrected chi connectivity index (χ3v) is 3.74. The SMILES string of the molecule is COCCCNC(=O)c1cccc(C(=O)NCCc2ccccc2)c1. The molecule has 2 aromatic rings. The third kappa shape index (κ3) is 6.39. The number of carbonyl (C=O) groups excluding carboxylic acids is 2. The summed E-state index contributed by atoms with van der Waals surface area (Å²) in [6.07, 6.45) is 1.52. The van der Waals surface area contributed by atoms with E-state index in [0.29, 0.717) is 30.8 Å². The summed E-state index contributed by atoms with van der Waals surface area (Å²) < 4.78 is 4.95. The number of carbonyl (C=O) groups is 2. The Morgan fingerprint density at radius 2 is 1.52 bits per heavy atom. The van der Waals surface area contributed by atoms with Crippen LogP contribution in [0.15, 0.2) is 54.6 Å². The average molecular weight is 340 g/mol. The average Bonchev–Trinajstić information content (AvgIpc) is 2.66. The van der Waals surface area contributed by atoms with Crippen LogP contribution in [0.2, 0.25) is 0 Å². The molecule has 5 heteroatoms. The molecule has 0 aliphatic heterocycles. The van der Waals surface area contributed by atoms with Crippen molar-refractivity contribution in [2.75, 3.05) is 26.8 Å². The Kier molecular flexibility index (Phi) is 7.66. The molecule has 0 radical (unpaired) electrons. The molecule has 0 aromatic heterocycles. The summed E-state index contributed by atoms with van der Waals surface area (Å²) in [7, 11) is 1.63. The molecule has 0 heterocycles. The Labute approximate surface area is 148 Å². The molecule has 0 aliphatic carbocycles. The lowest BCUT2D eigenvalue weighted by Crippen LogP contribution is -2.27. The highest BCUT2D eigenvalue weighted by Gasteiger charge is 2.10. The van der Waals surface area contributed by atoms with Crippen molar-refractivity contribution in [3.8, 4) is 0 Å². The first-order valence-corrected chi connectivity index (χ1v) is 8.40. The maximum absolute atomic E-state index is 12.2. The molecule has 25 heavy (non-hydrogen) atoms. The van der Waals surface area contributed by atoms with Gasteiger partial charge in [0.15, 0.2) is 0 Å². The molecule has 0 aliphatic rings. The fraction of sp³-hybridized carbons (Fsp3) is 0.300. The molecule has 132 valence electrons. The fourth-order valence-corrected chi connectivity index (χ4v) is 2.39. The fourth-order valence-electron chi connectivity index (χ4n) is 2.39. The second-order valence-electron chi connectivity index (χ2n) is 5.67. The zero-order valence-corrected chi connectivity index (χ0v) is 14.5. The Balaban J connectivity index is 1.84. The summed E-state index contributed by atoms with van der Waals surface area (Å²) >= 11 is 0. The van der Waals surface area contributed by atoms with Gasteiger partial charge in [-0.3, -0.25) is 9.59 Å². The van der Waals surface area contributed by atoms with Crippen LogP contribution in [0.4, 0.5) is 0 Å². The summed E-state index contributed by atoms with van der Waals surface area (Å²) in [6.45, 7) is 1.70. The largest absolute Gasteiger partial charge is 0.385 e. The van der Waals surface area contributed by atoms with E-state index in [0.717, 1.165) is 12.8 Å². The number of hydrogen-bond donors (Lipinski definition) is 2. The lowest BCUT2D eigenvalue weighted by Gasteiger charge is -2.08. The third-order valence-electron chi connectivity index (χ3n) is 3.74. The number of rotatable bonds is 9. The highest BCUT2D eigenvalue weighted by molar-refractivity contribution is 5.99. The number of amides is 2. The van der Waals surface area contributed by atoms with E-state index < -0.39 is 0 Å². The monoisotopic (exact) mass is 340 g/mol. The van der Waals surface area contributed by atoms with E-state index >= 15 is 0 Å². The van der Waals surface area contributed by atoms with E-state index in [2.05, 4.69) is 10.6 Å². The smallest absolute Gasteiger partial charge is 0.251 e. The van der Waals surface area contributed by atoms with Crippen LogP contribution in [0, 0.1) is 0 Å². The van der Waals surface area contributed by atoms with Gasteiger partial charge in [0.05, 0.1) is 0 Å². The zero-order valence-electron chi connectivity index (χ0n) is 14.5. The molecule has 2 amide bonds. The molecule has 2 rings (SSSR count). The van der Waals surface area contributed by atoms with E-state index in [4.69, 9.17) is 4.74 Å². The van der Waals surface area contributed by atoms with Crippen LogP contribution < -0.4 is 10.6 Å². The summed E-state index contributed by atoms with van der Waals surface area (Å²) in [6, 6.07) is 16.7. The minimum Gasteiger partial charge on any atom is -0.385 e. The van der Waals surface area contributed by atoms with Crippen molar-refractivity contribution in [1.82, 2.24) is 10.6 Å².